The molecular weight excluding hydrogens is 336 g/mol. The zero-order valence-electron chi connectivity index (χ0n) is 13.0. The van der Waals surface area contributed by atoms with Crippen LogP contribution in [0.1, 0.15) is 25.8 Å². The topological polar surface area (TPSA) is 52.6 Å². The van der Waals surface area contributed by atoms with E-state index in [4.69, 9.17) is 14.2 Å². The predicted molar refractivity (Wildman–Crippen MR) is 86.7 cm³/mol. The van der Waals surface area contributed by atoms with Crippen LogP contribution in [-0.2, 0) is 16.0 Å². The highest BCUT2D eigenvalue weighted by atomic mass is 79.9. The zero-order chi connectivity index (χ0) is 15.5. The predicted octanol–water partition coefficient (Wildman–Crippen LogP) is 2.77. The second kappa shape index (κ2) is 11.0. The Labute approximate surface area is 135 Å². The molecule has 0 amide bonds. The lowest BCUT2D eigenvalue weighted by Gasteiger charge is -2.13. The van der Waals surface area contributed by atoms with Crippen LogP contribution >= 0.6 is 15.9 Å². The normalized spacial score (nSPS) is 11.1. The first-order valence-electron chi connectivity index (χ1n) is 7.20. The number of nitrogens with one attached hydrogen (secondary N) is 1. The molecule has 1 N–H and O–H groups in total. The first-order chi connectivity index (χ1) is 10.1. The number of hydrogen-bond donors (Lipinski definition) is 1. The smallest absolute Gasteiger partial charge is 0.217 e. The van der Waals surface area contributed by atoms with E-state index in [0.29, 0.717) is 38.3 Å². The van der Waals surface area contributed by atoms with Crippen LogP contribution in [0.5, 0.6) is 5.88 Å². The molecule has 120 valence electrons. The third-order valence-corrected chi connectivity index (χ3v) is 3.13. The van der Waals surface area contributed by atoms with Gasteiger partial charge >= 0.3 is 0 Å². The maximum absolute atomic E-state index is 5.75. The van der Waals surface area contributed by atoms with Crippen molar-refractivity contribution in [3.8, 4) is 5.88 Å². The molecule has 0 saturated carbocycles. The highest BCUT2D eigenvalue weighted by Crippen LogP contribution is 2.20. The number of rotatable bonds is 11. The van der Waals surface area contributed by atoms with E-state index in [9.17, 15) is 0 Å². The van der Waals surface area contributed by atoms with Crippen LogP contribution in [0.2, 0.25) is 0 Å². The van der Waals surface area contributed by atoms with E-state index in [1.54, 1.807) is 13.3 Å². The van der Waals surface area contributed by atoms with Gasteiger partial charge in [-0.3, -0.25) is 0 Å². The average molecular weight is 361 g/mol. The Kier molecular flexibility index (Phi) is 9.58. The summed E-state index contributed by atoms with van der Waals surface area (Å²) in [5.74, 6) is 0.684. The lowest BCUT2D eigenvalue weighted by atomic mass is 10.2. The summed E-state index contributed by atoms with van der Waals surface area (Å²) in [6, 6.07) is 2.46. The van der Waals surface area contributed by atoms with Gasteiger partial charge in [-0.2, -0.15) is 0 Å². The number of ether oxygens (including phenoxy) is 3. The minimum atomic E-state index is 0.422. The molecule has 0 aliphatic rings. The molecule has 0 fully saturated rings. The van der Waals surface area contributed by atoms with Crippen molar-refractivity contribution < 1.29 is 14.2 Å². The lowest BCUT2D eigenvalue weighted by molar-refractivity contribution is 0.0641. The number of hydrogen-bond acceptors (Lipinski definition) is 5. The first-order valence-corrected chi connectivity index (χ1v) is 8.00. The SMILES string of the molecule is COCCOCCCOc1ncc(Br)cc1CNC(C)C. The summed E-state index contributed by atoms with van der Waals surface area (Å²) in [7, 11) is 1.67. The van der Waals surface area contributed by atoms with Gasteiger partial charge in [-0.15, -0.1) is 0 Å². The fourth-order valence-electron chi connectivity index (χ4n) is 1.61. The van der Waals surface area contributed by atoms with Crippen molar-refractivity contribution in [1.29, 1.82) is 0 Å². The van der Waals surface area contributed by atoms with Crippen molar-refractivity contribution in [3.05, 3.63) is 22.3 Å². The van der Waals surface area contributed by atoms with Gasteiger partial charge in [0.05, 0.1) is 19.8 Å². The number of pyridine rings is 1. The molecule has 21 heavy (non-hydrogen) atoms. The first kappa shape index (κ1) is 18.4. The Balaban J connectivity index is 2.35. The quantitative estimate of drug-likeness (QED) is 0.615. The van der Waals surface area contributed by atoms with Crippen molar-refractivity contribution in [3.63, 3.8) is 0 Å². The highest BCUT2D eigenvalue weighted by molar-refractivity contribution is 9.10. The standard InChI is InChI=1S/C15H25BrN2O3/c1-12(2)17-10-13-9-14(16)11-18-15(13)21-6-4-5-20-8-7-19-3/h9,11-12,17H,4-8,10H2,1-3H3. The Morgan fingerprint density at radius 2 is 2.05 bits per heavy atom. The molecule has 1 aromatic rings. The van der Waals surface area contributed by atoms with Gasteiger partial charge in [0, 0.05) is 49.0 Å². The van der Waals surface area contributed by atoms with Gasteiger partial charge < -0.3 is 19.5 Å². The van der Waals surface area contributed by atoms with Crippen LogP contribution in [0, 0.1) is 0 Å². The fourth-order valence-corrected chi connectivity index (χ4v) is 1.99. The van der Waals surface area contributed by atoms with Crippen LogP contribution in [0.25, 0.3) is 0 Å². The van der Waals surface area contributed by atoms with Gasteiger partial charge in [0.2, 0.25) is 5.88 Å². The number of nitrogens with zero attached hydrogens (tertiary/aromatic N) is 1. The second-order valence-electron chi connectivity index (χ2n) is 4.96. The van der Waals surface area contributed by atoms with Gasteiger partial charge in [0.15, 0.2) is 0 Å². The van der Waals surface area contributed by atoms with Crippen molar-refractivity contribution in [2.45, 2.75) is 32.9 Å². The lowest BCUT2D eigenvalue weighted by Crippen LogP contribution is -2.22. The summed E-state index contributed by atoms with van der Waals surface area (Å²) in [4.78, 5) is 4.33. The Hall–Kier alpha value is -0.690. The summed E-state index contributed by atoms with van der Waals surface area (Å²) in [5, 5.41) is 3.37. The number of halogens is 1. The molecule has 1 heterocycles. The second-order valence-corrected chi connectivity index (χ2v) is 5.88. The molecule has 0 radical (unpaired) electrons. The monoisotopic (exact) mass is 360 g/mol. The molecule has 0 aliphatic heterocycles. The largest absolute Gasteiger partial charge is 0.477 e. The van der Waals surface area contributed by atoms with Crippen LogP contribution in [0.4, 0.5) is 0 Å². The maximum Gasteiger partial charge on any atom is 0.217 e. The van der Waals surface area contributed by atoms with Crippen LogP contribution in [0.15, 0.2) is 16.7 Å². The Bertz CT molecular complexity index is 403. The van der Waals surface area contributed by atoms with Gasteiger partial charge in [-0.05, 0) is 22.0 Å². The summed E-state index contributed by atoms with van der Waals surface area (Å²) >= 11 is 3.44. The van der Waals surface area contributed by atoms with E-state index < -0.39 is 0 Å². The molecule has 0 aliphatic carbocycles. The third-order valence-electron chi connectivity index (χ3n) is 2.70. The summed E-state index contributed by atoms with van der Waals surface area (Å²) in [6.07, 6.45) is 2.59. The molecule has 0 unspecified atom stereocenters. The van der Waals surface area contributed by atoms with Crippen molar-refractivity contribution in [2.24, 2.45) is 0 Å². The Morgan fingerprint density at radius 1 is 1.24 bits per heavy atom. The van der Waals surface area contributed by atoms with E-state index in [1.807, 2.05) is 6.07 Å². The molecule has 0 atom stereocenters. The van der Waals surface area contributed by atoms with E-state index in [1.165, 1.54) is 0 Å². The van der Waals surface area contributed by atoms with Crippen molar-refractivity contribution in [2.75, 3.05) is 33.5 Å². The summed E-state index contributed by atoms with van der Waals surface area (Å²) in [6.45, 7) is 7.48. The van der Waals surface area contributed by atoms with Gasteiger partial charge in [0.25, 0.3) is 0 Å². The molecule has 0 aromatic carbocycles. The van der Waals surface area contributed by atoms with E-state index in [2.05, 4.69) is 40.1 Å². The van der Waals surface area contributed by atoms with E-state index in [-0.39, 0.29) is 0 Å². The highest BCUT2D eigenvalue weighted by Gasteiger charge is 2.07. The molecule has 0 saturated heterocycles. The van der Waals surface area contributed by atoms with Crippen molar-refractivity contribution >= 4 is 15.9 Å². The minimum absolute atomic E-state index is 0.422. The summed E-state index contributed by atoms with van der Waals surface area (Å²) in [5.41, 5.74) is 1.05. The van der Waals surface area contributed by atoms with E-state index >= 15 is 0 Å². The van der Waals surface area contributed by atoms with Gasteiger partial charge in [0.1, 0.15) is 0 Å². The molecule has 5 nitrogen and oxygen atoms in total. The molecular formula is C15H25BrN2O3. The van der Waals surface area contributed by atoms with Gasteiger partial charge in [-0.25, -0.2) is 4.98 Å². The molecule has 0 spiro atoms. The van der Waals surface area contributed by atoms with Crippen LogP contribution < -0.4 is 10.1 Å². The third kappa shape index (κ3) is 8.36. The summed E-state index contributed by atoms with van der Waals surface area (Å²) < 4.78 is 17.0. The average Bonchev–Trinajstić information content (AvgIpc) is 2.45. The van der Waals surface area contributed by atoms with Crippen LogP contribution in [-0.4, -0.2) is 44.6 Å². The van der Waals surface area contributed by atoms with Gasteiger partial charge in [-0.1, -0.05) is 13.8 Å². The molecule has 1 rings (SSSR count). The van der Waals surface area contributed by atoms with Crippen molar-refractivity contribution in [1.82, 2.24) is 10.3 Å². The molecule has 6 heteroatoms. The molecule has 1 aromatic heterocycles. The number of aromatic nitrogens is 1. The molecule has 0 bridgehead atoms. The minimum Gasteiger partial charge on any atom is -0.477 e. The zero-order valence-corrected chi connectivity index (χ0v) is 14.6. The van der Waals surface area contributed by atoms with E-state index in [0.717, 1.165) is 23.0 Å². The van der Waals surface area contributed by atoms with Crippen LogP contribution in [0.3, 0.4) is 0 Å². The maximum atomic E-state index is 5.75. The Morgan fingerprint density at radius 3 is 2.76 bits per heavy atom. The number of methoxy groups -OCH3 is 1. The fraction of sp³-hybridized carbons (Fsp3) is 0.667.